The standard InChI is InChI=1S/C23H39FO3/c1-2-3-4-5-6-7-11-14-22(27-23(25)26)15-12-9-8-10-13-20-16-18-21(24)19-17-20/h16-19,22-23,25-26H,2-15H2,1H3. The number of hydrogen-bond donors (Lipinski definition) is 2. The number of unbranched alkanes of at least 4 members (excludes halogenated alkanes) is 9. The zero-order chi connectivity index (χ0) is 19.7. The third-order valence-electron chi connectivity index (χ3n) is 5.10. The summed E-state index contributed by atoms with van der Waals surface area (Å²) >= 11 is 0. The minimum Gasteiger partial charge on any atom is -0.346 e. The molecule has 1 aromatic carbocycles. The van der Waals surface area contributed by atoms with E-state index in [1.54, 1.807) is 0 Å². The van der Waals surface area contributed by atoms with Crippen molar-refractivity contribution in [3.63, 3.8) is 0 Å². The van der Waals surface area contributed by atoms with Crippen molar-refractivity contribution >= 4 is 0 Å². The van der Waals surface area contributed by atoms with E-state index in [0.717, 1.165) is 51.4 Å². The van der Waals surface area contributed by atoms with Crippen molar-refractivity contribution in [1.29, 1.82) is 0 Å². The van der Waals surface area contributed by atoms with Crippen LogP contribution in [0.15, 0.2) is 24.3 Å². The van der Waals surface area contributed by atoms with Crippen LogP contribution in [0.4, 0.5) is 4.39 Å². The van der Waals surface area contributed by atoms with Crippen LogP contribution in [-0.2, 0) is 11.2 Å². The zero-order valence-corrected chi connectivity index (χ0v) is 17.0. The van der Waals surface area contributed by atoms with Crippen molar-refractivity contribution < 1.29 is 19.3 Å². The molecule has 2 N–H and O–H groups in total. The Kier molecular flexibility index (Phi) is 14.3. The molecular formula is C23H39FO3. The fraction of sp³-hybridized carbons (Fsp3) is 0.739. The highest BCUT2D eigenvalue weighted by molar-refractivity contribution is 5.15. The smallest absolute Gasteiger partial charge is 0.266 e. The molecule has 0 saturated carbocycles. The van der Waals surface area contributed by atoms with Crippen LogP contribution in [0.3, 0.4) is 0 Å². The Morgan fingerprint density at radius 3 is 1.85 bits per heavy atom. The molecule has 0 aliphatic carbocycles. The normalized spacial score (nSPS) is 12.6. The molecule has 4 heteroatoms. The lowest BCUT2D eigenvalue weighted by atomic mass is 10.0. The molecule has 1 unspecified atom stereocenters. The SMILES string of the molecule is CCCCCCCCCC(CCCCCCc1ccc(F)cc1)OC(O)O. The lowest BCUT2D eigenvalue weighted by molar-refractivity contribution is -0.257. The fourth-order valence-electron chi connectivity index (χ4n) is 3.49. The van der Waals surface area contributed by atoms with E-state index in [1.165, 1.54) is 56.2 Å². The van der Waals surface area contributed by atoms with Gasteiger partial charge in [0.1, 0.15) is 5.82 Å². The van der Waals surface area contributed by atoms with Gasteiger partial charge in [-0.05, 0) is 43.4 Å². The van der Waals surface area contributed by atoms with Gasteiger partial charge >= 0.3 is 0 Å². The summed E-state index contributed by atoms with van der Waals surface area (Å²) in [5.74, 6) is -0.183. The Morgan fingerprint density at radius 1 is 0.778 bits per heavy atom. The number of hydrogen-bond acceptors (Lipinski definition) is 3. The second kappa shape index (κ2) is 16.0. The van der Waals surface area contributed by atoms with Crippen LogP contribution in [0, 0.1) is 5.82 Å². The van der Waals surface area contributed by atoms with Gasteiger partial charge in [0.15, 0.2) is 0 Å². The van der Waals surface area contributed by atoms with E-state index in [2.05, 4.69) is 6.92 Å². The number of aryl methyl sites for hydroxylation is 1. The highest BCUT2D eigenvalue weighted by atomic mass is 19.1. The van der Waals surface area contributed by atoms with Crippen LogP contribution in [-0.4, -0.2) is 22.8 Å². The van der Waals surface area contributed by atoms with Gasteiger partial charge in [0, 0.05) is 0 Å². The van der Waals surface area contributed by atoms with Crippen molar-refractivity contribution in [3.05, 3.63) is 35.6 Å². The maximum atomic E-state index is 12.9. The van der Waals surface area contributed by atoms with Gasteiger partial charge in [-0.1, -0.05) is 83.3 Å². The molecule has 0 spiro atoms. The van der Waals surface area contributed by atoms with Crippen LogP contribution in [0.1, 0.15) is 96.0 Å². The summed E-state index contributed by atoms with van der Waals surface area (Å²) in [6.45, 7) is 0.559. The number of ether oxygens (including phenoxy) is 1. The van der Waals surface area contributed by atoms with Crippen molar-refractivity contribution in [2.45, 2.75) is 109 Å². The minimum absolute atomic E-state index is 0.0576. The van der Waals surface area contributed by atoms with Crippen molar-refractivity contribution in [2.24, 2.45) is 0 Å². The zero-order valence-electron chi connectivity index (χ0n) is 17.0. The highest BCUT2D eigenvalue weighted by Gasteiger charge is 2.12. The lowest BCUT2D eigenvalue weighted by Crippen LogP contribution is -2.21. The van der Waals surface area contributed by atoms with Crippen LogP contribution >= 0.6 is 0 Å². The van der Waals surface area contributed by atoms with Crippen molar-refractivity contribution in [1.82, 2.24) is 0 Å². The summed E-state index contributed by atoms with van der Waals surface area (Å²) in [4.78, 5) is 0. The second-order valence-corrected chi connectivity index (χ2v) is 7.57. The first kappa shape index (κ1) is 24.1. The monoisotopic (exact) mass is 382 g/mol. The number of benzene rings is 1. The first-order valence-corrected chi connectivity index (χ1v) is 10.9. The average Bonchev–Trinajstić information content (AvgIpc) is 2.64. The van der Waals surface area contributed by atoms with Gasteiger partial charge in [-0.25, -0.2) is 4.39 Å². The molecule has 27 heavy (non-hydrogen) atoms. The minimum atomic E-state index is -1.67. The predicted octanol–water partition coefficient (Wildman–Crippen LogP) is 6.11. The molecular weight excluding hydrogens is 343 g/mol. The molecule has 1 rings (SSSR count). The van der Waals surface area contributed by atoms with E-state index in [9.17, 15) is 4.39 Å². The molecule has 0 aliphatic rings. The Morgan fingerprint density at radius 2 is 1.30 bits per heavy atom. The second-order valence-electron chi connectivity index (χ2n) is 7.57. The van der Waals surface area contributed by atoms with Crippen LogP contribution in [0.2, 0.25) is 0 Å². The average molecular weight is 383 g/mol. The van der Waals surface area contributed by atoms with Crippen LogP contribution < -0.4 is 0 Å². The Hall–Kier alpha value is -0.970. The van der Waals surface area contributed by atoms with E-state index in [-0.39, 0.29) is 11.9 Å². The first-order chi connectivity index (χ1) is 13.1. The number of rotatable bonds is 17. The fourth-order valence-corrected chi connectivity index (χ4v) is 3.49. The van der Waals surface area contributed by atoms with Crippen molar-refractivity contribution in [2.75, 3.05) is 0 Å². The molecule has 0 radical (unpaired) electrons. The summed E-state index contributed by atoms with van der Waals surface area (Å²) in [6.07, 6.45) is 15.8. The van der Waals surface area contributed by atoms with Gasteiger partial charge in [0.05, 0.1) is 6.10 Å². The molecule has 0 bridgehead atoms. The van der Waals surface area contributed by atoms with Gasteiger partial charge in [-0.15, -0.1) is 0 Å². The van der Waals surface area contributed by atoms with E-state index >= 15 is 0 Å². The van der Waals surface area contributed by atoms with Gasteiger partial charge in [-0.2, -0.15) is 0 Å². The Bertz CT molecular complexity index is 447. The quantitative estimate of drug-likeness (QED) is 0.252. The van der Waals surface area contributed by atoms with Gasteiger partial charge < -0.3 is 14.9 Å². The molecule has 0 aromatic heterocycles. The first-order valence-electron chi connectivity index (χ1n) is 10.9. The maximum Gasteiger partial charge on any atom is 0.266 e. The topological polar surface area (TPSA) is 49.7 Å². The summed E-state index contributed by atoms with van der Waals surface area (Å²) in [5, 5.41) is 18.2. The molecule has 0 saturated heterocycles. The molecule has 0 fully saturated rings. The predicted molar refractivity (Wildman–Crippen MR) is 109 cm³/mol. The third kappa shape index (κ3) is 13.8. The molecule has 1 atom stereocenters. The number of aliphatic hydroxyl groups is 2. The molecule has 156 valence electrons. The molecule has 0 aliphatic heterocycles. The molecule has 3 nitrogen and oxygen atoms in total. The van der Waals surface area contributed by atoms with Crippen LogP contribution in [0.5, 0.6) is 0 Å². The summed E-state index contributed by atoms with van der Waals surface area (Å²) in [6, 6.07) is 6.73. The summed E-state index contributed by atoms with van der Waals surface area (Å²) in [7, 11) is 0. The number of halogens is 1. The van der Waals surface area contributed by atoms with E-state index in [1.807, 2.05) is 12.1 Å². The van der Waals surface area contributed by atoms with E-state index in [4.69, 9.17) is 14.9 Å². The van der Waals surface area contributed by atoms with Gasteiger partial charge in [0.25, 0.3) is 6.48 Å². The molecule has 0 heterocycles. The summed E-state index contributed by atoms with van der Waals surface area (Å²) in [5.41, 5.74) is 1.18. The largest absolute Gasteiger partial charge is 0.346 e. The molecule has 1 aromatic rings. The van der Waals surface area contributed by atoms with Gasteiger partial charge in [0.2, 0.25) is 0 Å². The lowest BCUT2D eigenvalue weighted by Gasteiger charge is -2.19. The Balaban J connectivity index is 2.08. The third-order valence-corrected chi connectivity index (χ3v) is 5.10. The van der Waals surface area contributed by atoms with Gasteiger partial charge in [-0.3, -0.25) is 0 Å². The highest BCUT2D eigenvalue weighted by Crippen LogP contribution is 2.17. The Labute approximate surface area is 165 Å². The number of aliphatic hydroxyl groups excluding tert-OH is 1. The summed E-state index contributed by atoms with van der Waals surface area (Å²) < 4.78 is 18.1. The molecule has 0 amide bonds. The van der Waals surface area contributed by atoms with E-state index < -0.39 is 6.48 Å². The van der Waals surface area contributed by atoms with E-state index in [0.29, 0.717) is 0 Å². The van der Waals surface area contributed by atoms with Crippen molar-refractivity contribution in [3.8, 4) is 0 Å². The maximum absolute atomic E-state index is 12.9. The van der Waals surface area contributed by atoms with Crippen LogP contribution in [0.25, 0.3) is 0 Å².